The average Bonchev–Trinajstić information content (AvgIpc) is 3.27. The third-order valence-electron chi connectivity index (χ3n) is 5.54. The summed E-state index contributed by atoms with van der Waals surface area (Å²) in [7, 11) is 0. The highest BCUT2D eigenvalue weighted by molar-refractivity contribution is 7.14. The number of piperidine rings is 1. The number of aryl methyl sites for hydroxylation is 1. The van der Waals surface area contributed by atoms with E-state index in [0.29, 0.717) is 35.3 Å². The first-order valence-corrected chi connectivity index (χ1v) is 11.7. The Kier molecular flexibility index (Phi) is 7.09. The minimum Gasteiger partial charge on any atom is -0.342 e. The molecule has 9 heteroatoms. The molecule has 8 nitrogen and oxygen atoms in total. The lowest BCUT2D eigenvalue weighted by atomic mass is 9.96. The molecule has 2 N–H and O–H groups in total. The van der Waals surface area contributed by atoms with Gasteiger partial charge in [0.1, 0.15) is 5.82 Å². The number of hydrogen-bond acceptors (Lipinski definition) is 6. The first-order valence-electron chi connectivity index (χ1n) is 10.8. The molecule has 1 aliphatic rings. The van der Waals surface area contributed by atoms with E-state index in [4.69, 9.17) is 0 Å². The summed E-state index contributed by atoms with van der Waals surface area (Å²) in [6, 6.07) is 12.6. The first kappa shape index (κ1) is 22.6. The molecule has 1 aromatic carbocycles. The molecule has 2 aromatic heterocycles. The van der Waals surface area contributed by atoms with E-state index in [-0.39, 0.29) is 30.1 Å². The van der Waals surface area contributed by atoms with Gasteiger partial charge in [-0.15, -0.1) is 11.3 Å². The molecular weight excluding hydrogens is 438 g/mol. The summed E-state index contributed by atoms with van der Waals surface area (Å²) in [5.41, 5.74) is 2.04. The molecule has 4 rings (SSSR count). The van der Waals surface area contributed by atoms with Gasteiger partial charge in [-0.1, -0.05) is 24.3 Å². The van der Waals surface area contributed by atoms with Gasteiger partial charge >= 0.3 is 0 Å². The molecule has 0 saturated carbocycles. The largest absolute Gasteiger partial charge is 0.342 e. The summed E-state index contributed by atoms with van der Waals surface area (Å²) in [6.45, 7) is 2.88. The Morgan fingerprint density at radius 2 is 1.94 bits per heavy atom. The summed E-state index contributed by atoms with van der Waals surface area (Å²) in [5, 5.41) is 7.88. The van der Waals surface area contributed by atoms with Crippen molar-refractivity contribution in [3.63, 3.8) is 0 Å². The Morgan fingerprint density at radius 1 is 1.12 bits per heavy atom. The number of thiazole rings is 1. The summed E-state index contributed by atoms with van der Waals surface area (Å²) in [6.07, 6.45) is 3.27. The molecule has 1 fully saturated rings. The molecular formula is C24H25N5O3S. The maximum absolute atomic E-state index is 12.9. The van der Waals surface area contributed by atoms with Crippen LogP contribution in [0.1, 0.15) is 34.5 Å². The number of aromatic nitrogens is 2. The third-order valence-corrected chi connectivity index (χ3v) is 6.34. The Balaban J connectivity index is 1.31. The van der Waals surface area contributed by atoms with Gasteiger partial charge in [0.05, 0.1) is 18.0 Å². The minimum absolute atomic E-state index is 0.0762. The van der Waals surface area contributed by atoms with Crippen molar-refractivity contribution in [2.24, 2.45) is 5.92 Å². The predicted octanol–water partition coefficient (Wildman–Crippen LogP) is 3.52. The van der Waals surface area contributed by atoms with Gasteiger partial charge in [-0.05, 0) is 43.5 Å². The van der Waals surface area contributed by atoms with Crippen LogP contribution >= 0.6 is 11.3 Å². The fourth-order valence-corrected chi connectivity index (χ4v) is 4.43. The van der Waals surface area contributed by atoms with Crippen LogP contribution < -0.4 is 10.6 Å². The molecule has 1 atom stereocenters. The molecule has 0 spiro atoms. The van der Waals surface area contributed by atoms with Crippen molar-refractivity contribution in [2.75, 3.05) is 23.7 Å². The molecule has 1 aliphatic heterocycles. The molecule has 0 aliphatic carbocycles. The number of hydrogen-bond donors (Lipinski definition) is 2. The van der Waals surface area contributed by atoms with E-state index in [2.05, 4.69) is 20.6 Å². The number of likely N-dealkylation sites (tertiary alicyclic amines) is 1. The zero-order valence-corrected chi connectivity index (χ0v) is 19.1. The van der Waals surface area contributed by atoms with Crippen molar-refractivity contribution in [3.8, 4) is 0 Å². The van der Waals surface area contributed by atoms with Crippen molar-refractivity contribution in [1.29, 1.82) is 0 Å². The highest BCUT2D eigenvalue weighted by atomic mass is 32.1. The van der Waals surface area contributed by atoms with Crippen LogP contribution in [-0.2, 0) is 16.0 Å². The van der Waals surface area contributed by atoms with Crippen LogP contribution in [0.2, 0.25) is 0 Å². The number of pyridine rings is 1. The smallest absolute Gasteiger partial charge is 0.257 e. The van der Waals surface area contributed by atoms with E-state index in [1.54, 1.807) is 40.7 Å². The van der Waals surface area contributed by atoms with Crippen LogP contribution in [0, 0.1) is 12.8 Å². The maximum Gasteiger partial charge on any atom is 0.257 e. The number of amides is 3. The van der Waals surface area contributed by atoms with Crippen molar-refractivity contribution >= 4 is 40.0 Å². The third kappa shape index (κ3) is 5.81. The van der Waals surface area contributed by atoms with Crippen LogP contribution in [0.5, 0.6) is 0 Å². The molecule has 1 saturated heterocycles. The van der Waals surface area contributed by atoms with Gasteiger partial charge in [0.2, 0.25) is 11.8 Å². The average molecular weight is 464 g/mol. The molecule has 170 valence electrons. The zero-order chi connectivity index (χ0) is 23.2. The van der Waals surface area contributed by atoms with Gasteiger partial charge in [0.25, 0.3) is 5.91 Å². The van der Waals surface area contributed by atoms with Gasteiger partial charge in [-0.2, -0.15) is 0 Å². The summed E-state index contributed by atoms with van der Waals surface area (Å²) in [5.74, 6) is -0.156. The number of carbonyl (C=O) groups is 3. The quantitative estimate of drug-likeness (QED) is 0.582. The van der Waals surface area contributed by atoms with Crippen LogP contribution in [0.4, 0.5) is 10.9 Å². The topological polar surface area (TPSA) is 104 Å². The van der Waals surface area contributed by atoms with Gasteiger partial charge in [-0.3, -0.25) is 19.7 Å². The molecule has 3 aromatic rings. The van der Waals surface area contributed by atoms with Crippen LogP contribution in [-0.4, -0.2) is 45.7 Å². The molecule has 0 radical (unpaired) electrons. The Labute approximate surface area is 196 Å². The van der Waals surface area contributed by atoms with Crippen LogP contribution in [0.3, 0.4) is 0 Å². The standard InChI is InChI=1S/C24H25N5O3S/c1-16-7-5-11-25-21(16)27-23(32)18-10-6-12-29(14-18)20(30)13-19-15-33-24(26-19)28-22(31)17-8-3-2-4-9-17/h2-5,7-9,11,15,18H,6,10,12-14H2,1H3,(H,25,27,32)(H,26,28,31). The maximum atomic E-state index is 12.9. The lowest BCUT2D eigenvalue weighted by Crippen LogP contribution is -2.44. The van der Waals surface area contributed by atoms with Crippen molar-refractivity contribution in [3.05, 3.63) is 70.9 Å². The van der Waals surface area contributed by atoms with E-state index in [1.807, 2.05) is 25.1 Å². The lowest BCUT2D eigenvalue weighted by Gasteiger charge is -2.32. The van der Waals surface area contributed by atoms with E-state index >= 15 is 0 Å². The van der Waals surface area contributed by atoms with Crippen LogP contribution in [0.15, 0.2) is 54.0 Å². The predicted molar refractivity (Wildman–Crippen MR) is 127 cm³/mol. The second-order valence-corrected chi connectivity index (χ2v) is 8.84. The molecule has 33 heavy (non-hydrogen) atoms. The number of anilines is 2. The number of benzene rings is 1. The van der Waals surface area contributed by atoms with E-state index in [1.165, 1.54) is 11.3 Å². The van der Waals surface area contributed by atoms with Crippen molar-refractivity contribution in [2.45, 2.75) is 26.2 Å². The second-order valence-electron chi connectivity index (χ2n) is 7.98. The van der Waals surface area contributed by atoms with E-state index in [9.17, 15) is 14.4 Å². The van der Waals surface area contributed by atoms with E-state index in [0.717, 1.165) is 18.4 Å². The Morgan fingerprint density at radius 3 is 2.73 bits per heavy atom. The summed E-state index contributed by atoms with van der Waals surface area (Å²) < 4.78 is 0. The van der Waals surface area contributed by atoms with Gasteiger partial charge in [0.15, 0.2) is 5.13 Å². The number of carbonyl (C=O) groups excluding carboxylic acids is 3. The van der Waals surface area contributed by atoms with Gasteiger partial charge < -0.3 is 10.2 Å². The molecule has 1 unspecified atom stereocenters. The number of nitrogens with one attached hydrogen (secondary N) is 2. The highest BCUT2D eigenvalue weighted by Gasteiger charge is 2.29. The van der Waals surface area contributed by atoms with E-state index < -0.39 is 0 Å². The summed E-state index contributed by atoms with van der Waals surface area (Å²) in [4.78, 5) is 48.2. The van der Waals surface area contributed by atoms with Crippen molar-refractivity contribution < 1.29 is 14.4 Å². The molecule has 3 heterocycles. The van der Waals surface area contributed by atoms with Gasteiger partial charge in [-0.25, -0.2) is 9.97 Å². The fourth-order valence-electron chi connectivity index (χ4n) is 3.72. The first-order chi connectivity index (χ1) is 16.0. The number of rotatable bonds is 6. The zero-order valence-electron chi connectivity index (χ0n) is 18.3. The second kappa shape index (κ2) is 10.4. The molecule has 3 amide bonds. The Bertz CT molecular complexity index is 1150. The van der Waals surface area contributed by atoms with Gasteiger partial charge in [0, 0.05) is 30.2 Å². The number of nitrogens with zero attached hydrogens (tertiary/aromatic N) is 3. The normalized spacial score (nSPS) is 15.7. The monoisotopic (exact) mass is 463 g/mol. The summed E-state index contributed by atoms with van der Waals surface area (Å²) >= 11 is 1.28. The highest BCUT2D eigenvalue weighted by Crippen LogP contribution is 2.22. The minimum atomic E-state index is -0.278. The van der Waals surface area contributed by atoms with Crippen LogP contribution in [0.25, 0.3) is 0 Å². The SMILES string of the molecule is Cc1cccnc1NC(=O)C1CCCN(C(=O)Cc2csc(NC(=O)c3ccccc3)n2)C1. The fraction of sp³-hybridized carbons (Fsp3) is 0.292. The molecule has 0 bridgehead atoms. The lowest BCUT2D eigenvalue weighted by molar-refractivity contribution is -0.134. The Hall–Kier alpha value is -3.59. The van der Waals surface area contributed by atoms with Crippen molar-refractivity contribution in [1.82, 2.24) is 14.9 Å².